The van der Waals surface area contributed by atoms with Crippen molar-refractivity contribution in [2.24, 2.45) is 5.92 Å². The molecule has 5 heteroatoms. The van der Waals surface area contributed by atoms with Crippen molar-refractivity contribution in [3.63, 3.8) is 0 Å². The van der Waals surface area contributed by atoms with E-state index in [0.29, 0.717) is 12.5 Å². The fourth-order valence-electron chi connectivity index (χ4n) is 1.48. The monoisotopic (exact) mass is 243 g/mol. The second-order valence-corrected chi connectivity index (χ2v) is 5.34. The van der Waals surface area contributed by atoms with Crippen LogP contribution in [0.2, 0.25) is 0 Å². The molecule has 0 amide bonds. The summed E-state index contributed by atoms with van der Waals surface area (Å²) in [6.07, 6.45) is 1.37. The molecule has 1 rings (SSSR count). The Balaban J connectivity index is 2.30. The average molecular weight is 243 g/mol. The molecular weight excluding hydrogens is 222 g/mol. The highest BCUT2D eigenvalue weighted by Crippen LogP contribution is 2.17. The second-order valence-electron chi connectivity index (χ2n) is 4.28. The van der Waals surface area contributed by atoms with Crippen LogP contribution in [0, 0.1) is 5.92 Å². The highest BCUT2D eigenvalue weighted by atomic mass is 32.1. The van der Waals surface area contributed by atoms with Gasteiger partial charge in [-0.05, 0) is 26.2 Å². The average Bonchev–Trinajstić information content (AvgIpc) is 2.62. The minimum atomic E-state index is 0.284. The third-order valence-corrected chi connectivity index (χ3v) is 2.94. The van der Waals surface area contributed by atoms with Gasteiger partial charge < -0.3 is 10.1 Å². The third-order valence-electron chi connectivity index (χ3n) is 2.09. The smallest absolute Gasteiger partial charge is 0.205 e. The Hall–Kier alpha value is -0.680. The molecule has 0 saturated carbocycles. The lowest BCUT2D eigenvalue weighted by Crippen LogP contribution is -2.10. The first kappa shape index (κ1) is 13.4. The van der Waals surface area contributed by atoms with Crippen molar-refractivity contribution in [1.82, 2.24) is 10.2 Å². The summed E-state index contributed by atoms with van der Waals surface area (Å²) in [5.41, 5.74) is 0. The highest BCUT2D eigenvalue weighted by molar-refractivity contribution is 7.15. The summed E-state index contributed by atoms with van der Waals surface area (Å²) in [6.45, 7) is 9.99. The van der Waals surface area contributed by atoms with Gasteiger partial charge in [-0.1, -0.05) is 25.2 Å². The van der Waals surface area contributed by atoms with Crippen molar-refractivity contribution >= 4 is 16.5 Å². The van der Waals surface area contributed by atoms with Gasteiger partial charge >= 0.3 is 0 Å². The van der Waals surface area contributed by atoms with E-state index in [4.69, 9.17) is 4.74 Å². The molecule has 1 N–H and O–H groups in total. The Bertz CT molecular complexity index is 301. The summed E-state index contributed by atoms with van der Waals surface area (Å²) in [5, 5.41) is 13.0. The van der Waals surface area contributed by atoms with Crippen molar-refractivity contribution in [2.45, 2.75) is 46.8 Å². The van der Waals surface area contributed by atoms with Crippen LogP contribution in [-0.2, 0) is 11.3 Å². The molecule has 1 aromatic rings. The van der Waals surface area contributed by atoms with Crippen LogP contribution >= 0.6 is 11.3 Å². The molecular formula is C11H21N3OS. The molecule has 1 unspecified atom stereocenters. The molecule has 1 atom stereocenters. The van der Waals surface area contributed by atoms with Gasteiger partial charge in [-0.3, -0.25) is 0 Å². The number of rotatable bonds is 7. The Morgan fingerprint density at radius 3 is 2.69 bits per heavy atom. The summed E-state index contributed by atoms with van der Waals surface area (Å²) < 4.78 is 5.71. The Kier molecular flexibility index (Phi) is 5.69. The van der Waals surface area contributed by atoms with Crippen LogP contribution in [0.25, 0.3) is 0 Å². The molecule has 0 saturated heterocycles. The van der Waals surface area contributed by atoms with E-state index in [1.165, 1.54) is 0 Å². The zero-order valence-corrected chi connectivity index (χ0v) is 11.3. The van der Waals surface area contributed by atoms with Gasteiger partial charge in [0.05, 0.1) is 6.10 Å². The van der Waals surface area contributed by atoms with Gasteiger partial charge in [0.1, 0.15) is 11.6 Å². The first-order valence-corrected chi connectivity index (χ1v) is 6.61. The normalized spacial score (nSPS) is 13.1. The molecule has 0 aromatic carbocycles. The van der Waals surface area contributed by atoms with Crippen LogP contribution < -0.4 is 5.32 Å². The fourth-order valence-corrected chi connectivity index (χ4v) is 2.21. The zero-order chi connectivity index (χ0) is 12.0. The first-order chi connectivity index (χ1) is 7.61. The summed E-state index contributed by atoms with van der Waals surface area (Å²) in [4.78, 5) is 0. The number of ether oxygens (including phenoxy) is 1. The molecule has 0 aliphatic carbocycles. The zero-order valence-electron chi connectivity index (χ0n) is 10.5. The lowest BCUT2D eigenvalue weighted by molar-refractivity contribution is 0.0393. The van der Waals surface area contributed by atoms with E-state index in [-0.39, 0.29) is 6.10 Å². The van der Waals surface area contributed by atoms with Crippen molar-refractivity contribution < 1.29 is 4.74 Å². The maximum absolute atomic E-state index is 5.71. The van der Waals surface area contributed by atoms with Crippen LogP contribution in [0.5, 0.6) is 0 Å². The SMILES string of the molecule is CCNc1nnc(COC(C)CC(C)C)s1. The van der Waals surface area contributed by atoms with Gasteiger partial charge in [0.2, 0.25) is 5.13 Å². The molecule has 92 valence electrons. The van der Waals surface area contributed by atoms with Crippen LogP contribution in [0.1, 0.15) is 39.1 Å². The predicted molar refractivity (Wildman–Crippen MR) is 67.8 cm³/mol. The number of aromatic nitrogens is 2. The largest absolute Gasteiger partial charge is 0.371 e. The van der Waals surface area contributed by atoms with E-state index in [1.54, 1.807) is 11.3 Å². The van der Waals surface area contributed by atoms with Gasteiger partial charge in [0.25, 0.3) is 0 Å². The lowest BCUT2D eigenvalue weighted by Gasteiger charge is -2.13. The quantitative estimate of drug-likeness (QED) is 0.800. The van der Waals surface area contributed by atoms with Crippen LogP contribution in [0.4, 0.5) is 5.13 Å². The summed E-state index contributed by atoms with van der Waals surface area (Å²) in [5.74, 6) is 0.668. The standard InChI is InChI=1S/C11H21N3OS/c1-5-12-11-14-13-10(16-11)7-15-9(4)6-8(2)3/h8-9H,5-7H2,1-4H3,(H,12,14). The maximum atomic E-state index is 5.71. The molecule has 4 nitrogen and oxygen atoms in total. The lowest BCUT2D eigenvalue weighted by atomic mass is 10.1. The van der Waals surface area contributed by atoms with E-state index in [2.05, 4.69) is 36.3 Å². The minimum absolute atomic E-state index is 0.284. The summed E-state index contributed by atoms with van der Waals surface area (Å²) in [6, 6.07) is 0. The van der Waals surface area contributed by atoms with E-state index >= 15 is 0 Å². The van der Waals surface area contributed by atoms with E-state index in [9.17, 15) is 0 Å². The molecule has 1 aromatic heterocycles. The van der Waals surface area contributed by atoms with E-state index < -0.39 is 0 Å². The predicted octanol–water partition coefficient (Wildman–Crippen LogP) is 2.92. The first-order valence-electron chi connectivity index (χ1n) is 5.79. The van der Waals surface area contributed by atoms with Crippen LogP contribution in [-0.4, -0.2) is 22.8 Å². The third kappa shape index (κ3) is 4.90. The molecule has 0 aliphatic rings. The molecule has 0 radical (unpaired) electrons. The number of nitrogens with zero attached hydrogens (tertiary/aromatic N) is 2. The molecule has 1 heterocycles. The van der Waals surface area contributed by atoms with Crippen molar-refractivity contribution in [3.05, 3.63) is 5.01 Å². The Morgan fingerprint density at radius 1 is 1.31 bits per heavy atom. The van der Waals surface area contributed by atoms with Crippen molar-refractivity contribution in [1.29, 1.82) is 0 Å². The van der Waals surface area contributed by atoms with Crippen molar-refractivity contribution in [2.75, 3.05) is 11.9 Å². The second kappa shape index (κ2) is 6.81. The van der Waals surface area contributed by atoms with E-state index in [1.807, 2.05) is 6.92 Å². The number of anilines is 1. The molecule has 0 spiro atoms. The van der Waals surface area contributed by atoms with Crippen LogP contribution in [0.3, 0.4) is 0 Å². The van der Waals surface area contributed by atoms with Gasteiger partial charge in [-0.2, -0.15) is 0 Å². The topological polar surface area (TPSA) is 47.0 Å². The Labute approximate surface area is 101 Å². The van der Waals surface area contributed by atoms with Gasteiger partial charge in [0.15, 0.2) is 0 Å². The van der Waals surface area contributed by atoms with Gasteiger partial charge in [-0.15, -0.1) is 10.2 Å². The number of nitrogens with one attached hydrogen (secondary N) is 1. The maximum Gasteiger partial charge on any atom is 0.205 e. The number of hydrogen-bond donors (Lipinski definition) is 1. The summed E-state index contributed by atoms with van der Waals surface area (Å²) in [7, 11) is 0. The van der Waals surface area contributed by atoms with Crippen LogP contribution in [0.15, 0.2) is 0 Å². The molecule has 0 aliphatic heterocycles. The highest BCUT2D eigenvalue weighted by Gasteiger charge is 2.08. The molecule has 0 fully saturated rings. The fraction of sp³-hybridized carbons (Fsp3) is 0.818. The van der Waals surface area contributed by atoms with E-state index in [0.717, 1.165) is 23.1 Å². The molecule has 16 heavy (non-hydrogen) atoms. The Morgan fingerprint density at radius 2 is 2.06 bits per heavy atom. The van der Waals surface area contributed by atoms with Gasteiger partial charge in [-0.25, -0.2) is 0 Å². The molecule has 0 bridgehead atoms. The van der Waals surface area contributed by atoms with Crippen molar-refractivity contribution in [3.8, 4) is 0 Å². The summed E-state index contributed by atoms with van der Waals surface area (Å²) >= 11 is 1.56. The number of hydrogen-bond acceptors (Lipinski definition) is 5. The van der Waals surface area contributed by atoms with Gasteiger partial charge in [0, 0.05) is 6.54 Å². The minimum Gasteiger partial charge on any atom is -0.371 e.